The molecule has 7 heteroatoms. The summed E-state index contributed by atoms with van der Waals surface area (Å²) in [4.78, 5) is 4.57. The molecule has 0 aliphatic heterocycles. The van der Waals surface area contributed by atoms with Crippen LogP contribution in [0.4, 0.5) is 0 Å². The zero-order chi connectivity index (χ0) is 20.1. The first-order chi connectivity index (χ1) is 13.4. The number of hydrogen-bond donors (Lipinski definition) is 0. The van der Waals surface area contributed by atoms with E-state index in [1.54, 1.807) is 7.11 Å². The number of hydrogen-bond acceptors (Lipinski definition) is 4. The van der Waals surface area contributed by atoms with Crippen LogP contribution in [0.5, 0.6) is 0 Å². The Bertz CT molecular complexity index is 884. The van der Waals surface area contributed by atoms with Crippen LogP contribution >= 0.6 is 0 Å². The minimum atomic E-state index is -1.18. The van der Waals surface area contributed by atoms with Crippen molar-refractivity contribution < 1.29 is 9.47 Å². The SMILES string of the molecule is COCCC(C)n1cc(C(OCC[Si](C)(C)C)n2ccc3cccnc32)cn1. The van der Waals surface area contributed by atoms with Crippen LogP contribution in [-0.4, -0.2) is 47.7 Å². The van der Waals surface area contributed by atoms with Gasteiger partial charge in [0.1, 0.15) is 5.65 Å². The van der Waals surface area contributed by atoms with E-state index in [9.17, 15) is 0 Å². The van der Waals surface area contributed by atoms with Crippen LogP contribution < -0.4 is 0 Å². The number of fused-ring (bicyclic) bond motifs is 1. The second-order valence-electron chi connectivity index (χ2n) is 8.56. The van der Waals surface area contributed by atoms with E-state index in [2.05, 4.69) is 65.7 Å². The fourth-order valence-electron chi connectivity index (χ4n) is 3.13. The molecule has 0 radical (unpaired) electrons. The summed E-state index contributed by atoms with van der Waals surface area (Å²) in [6, 6.07) is 7.52. The molecular formula is C21H32N4O2Si. The zero-order valence-corrected chi connectivity index (χ0v) is 18.6. The fraction of sp³-hybridized carbons (Fsp3) is 0.524. The minimum Gasteiger partial charge on any atom is -0.385 e. The van der Waals surface area contributed by atoms with Gasteiger partial charge in [-0.1, -0.05) is 19.6 Å². The van der Waals surface area contributed by atoms with Crippen LogP contribution in [0.25, 0.3) is 11.0 Å². The second-order valence-corrected chi connectivity index (χ2v) is 14.2. The molecule has 0 amide bonds. The van der Waals surface area contributed by atoms with Gasteiger partial charge < -0.3 is 14.0 Å². The highest BCUT2D eigenvalue weighted by Crippen LogP contribution is 2.27. The quantitative estimate of drug-likeness (QED) is 0.462. The molecule has 152 valence electrons. The number of aromatic nitrogens is 4. The summed E-state index contributed by atoms with van der Waals surface area (Å²) in [5.74, 6) is 0. The van der Waals surface area contributed by atoms with Gasteiger partial charge in [0, 0.05) is 57.9 Å². The highest BCUT2D eigenvalue weighted by molar-refractivity contribution is 6.76. The zero-order valence-electron chi connectivity index (χ0n) is 17.6. The molecule has 0 spiro atoms. The van der Waals surface area contributed by atoms with Crippen molar-refractivity contribution in [3.8, 4) is 0 Å². The van der Waals surface area contributed by atoms with Gasteiger partial charge in [-0.25, -0.2) is 4.98 Å². The smallest absolute Gasteiger partial charge is 0.164 e. The Morgan fingerprint density at radius 3 is 2.75 bits per heavy atom. The third kappa shape index (κ3) is 5.10. The number of ether oxygens (including phenoxy) is 2. The van der Waals surface area contributed by atoms with Crippen molar-refractivity contribution >= 4 is 19.1 Å². The molecule has 0 saturated carbocycles. The summed E-state index contributed by atoms with van der Waals surface area (Å²) in [6.07, 6.45) is 8.59. The third-order valence-electron chi connectivity index (χ3n) is 4.95. The van der Waals surface area contributed by atoms with Crippen molar-refractivity contribution in [3.63, 3.8) is 0 Å². The van der Waals surface area contributed by atoms with Crippen LogP contribution in [0.2, 0.25) is 25.7 Å². The summed E-state index contributed by atoms with van der Waals surface area (Å²) >= 11 is 0. The molecule has 0 aliphatic rings. The van der Waals surface area contributed by atoms with Gasteiger partial charge in [-0.15, -0.1) is 0 Å². The molecule has 0 N–H and O–H groups in total. The Kier molecular flexibility index (Phi) is 6.69. The lowest BCUT2D eigenvalue weighted by Crippen LogP contribution is -2.23. The van der Waals surface area contributed by atoms with Gasteiger partial charge >= 0.3 is 0 Å². The van der Waals surface area contributed by atoms with Gasteiger partial charge in [-0.2, -0.15) is 5.10 Å². The van der Waals surface area contributed by atoms with Crippen LogP contribution in [0.1, 0.15) is 31.2 Å². The molecule has 3 aromatic rings. The van der Waals surface area contributed by atoms with E-state index >= 15 is 0 Å². The number of pyridine rings is 1. The molecule has 6 nitrogen and oxygen atoms in total. The summed E-state index contributed by atoms with van der Waals surface area (Å²) in [6.45, 7) is 10.7. The first kappa shape index (κ1) is 20.8. The topological polar surface area (TPSA) is 54.1 Å². The van der Waals surface area contributed by atoms with E-state index in [-0.39, 0.29) is 12.3 Å². The van der Waals surface area contributed by atoms with Gasteiger partial charge in [-0.3, -0.25) is 4.68 Å². The Labute approximate surface area is 168 Å². The molecule has 0 saturated heterocycles. The first-order valence-electron chi connectivity index (χ1n) is 9.95. The van der Waals surface area contributed by atoms with Gasteiger partial charge in [0.15, 0.2) is 6.23 Å². The number of rotatable bonds is 10. The van der Waals surface area contributed by atoms with E-state index < -0.39 is 8.07 Å². The van der Waals surface area contributed by atoms with Crippen molar-refractivity contribution in [1.82, 2.24) is 19.3 Å². The van der Waals surface area contributed by atoms with Crippen molar-refractivity contribution in [2.45, 2.75) is 51.3 Å². The Balaban J connectivity index is 1.87. The largest absolute Gasteiger partial charge is 0.385 e. The van der Waals surface area contributed by atoms with Gasteiger partial charge in [0.25, 0.3) is 0 Å². The van der Waals surface area contributed by atoms with Crippen LogP contribution in [0, 0.1) is 0 Å². The van der Waals surface area contributed by atoms with E-state index in [0.717, 1.165) is 42.3 Å². The van der Waals surface area contributed by atoms with E-state index in [0.29, 0.717) is 0 Å². The van der Waals surface area contributed by atoms with Gasteiger partial charge in [0.05, 0.1) is 12.2 Å². The first-order valence-corrected chi connectivity index (χ1v) is 13.7. The molecule has 0 aliphatic carbocycles. The maximum Gasteiger partial charge on any atom is 0.164 e. The van der Waals surface area contributed by atoms with Crippen LogP contribution in [0.3, 0.4) is 0 Å². The Hall–Kier alpha value is -1.96. The number of methoxy groups -OCH3 is 1. The van der Waals surface area contributed by atoms with E-state index in [4.69, 9.17) is 9.47 Å². The standard InChI is InChI=1S/C21H32N4O2Si/c1-17(9-12-26-2)25-16-19(15-23-25)21(27-13-14-28(3,4)5)24-11-8-18-7-6-10-22-20(18)24/h6-8,10-11,15-17,21H,9,12-14H2,1-5H3. The summed E-state index contributed by atoms with van der Waals surface area (Å²) < 4.78 is 15.7. The Morgan fingerprint density at radius 1 is 1.18 bits per heavy atom. The summed E-state index contributed by atoms with van der Waals surface area (Å²) in [5.41, 5.74) is 1.98. The van der Waals surface area contributed by atoms with E-state index in [1.165, 1.54) is 0 Å². The normalized spacial score (nSPS) is 14.5. The molecular weight excluding hydrogens is 368 g/mol. The molecule has 2 unspecified atom stereocenters. The molecule has 0 aromatic carbocycles. The second kappa shape index (κ2) is 9.02. The fourth-order valence-corrected chi connectivity index (χ4v) is 3.86. The Morgan fingerprint density at radius 2 is 2.00 bits per heavy atom. The maximum absolute atomic E-state index is 6.41. The average Bonchev–Trinajstić information content (AvgIpc) is 3.30. The summed E-state index contributed by atoms with van der Waals surface area (Å²) in [7, 11) is 0.554. The van der Waals surface area contributed by atoms with Gasteiger partial charge in [0.2, 0.25) is 0 Å². The molecule has 0 fully saturated rings. The molecule has 3 aromatic heterocycles. The lowest BCUT2D eigenvalue weighted by atomic mass is 10.2. The number of nitrogens with zero attached hydrogens (tertiary/aromatic N) is 4. The third-order valence-corrected chi connectivity index (χ3v) is 6.66. The highest BCUT2D eigenvalue weighted by atomic mass is 28.3. The van der Waals surface area contributed by atoms with Crippen LogP contribution in [0.15, 0.2) is 43.0 Å². The van der Waals surface area contributed by atoms with Crippen molar-refractivity contribution in [2.75, 3.05) is 20.3 Å². The van der Waals surface area contributed by atoms with E-state index in [1.807, 2.05) is 23.1 Å². The molecule has 0 bridgehead atoms. The monoisotopic (exact) mass is 400 g/mol. The lowest BCUT2D eigenvalue weighted by Gasteiger charge is -2.22. The van der Waals surface area contributed by atoms with Crippen LogP contribution in [-0.2, 0) is 9.47 Å². The van der Waals surface area contributed by atoms with Gasteiger partial charge in [-0.05, 0) is 37.6 Å². The summed E-state index contributed by atoms with van der Waals surface area (Å²) in [5, 5.41) is 5.71. The van der Waals surface area contributed by atoms with Crippen molar-refractivity contribution in [3.05, 3.63) is 48.5 Å². The minimum absolute atomic E-state index is 0.230. The van der Waals surface area contributed by atoms with Crippen molar-refractivity contribution in [1.29, 1.82) is 0 Å². The average molecular weight is 401 g/mol. The predicted octanol–water partition coefficient (Wildman–Crippen LogP) is 4.73. The highest BCUT2D eigenvalue weighted by Gasteiger charge is 2.21. The molecule has 3 heterocycles. The predicted molar refractivity (Wildman–Crippen MR) is 115 cm³/mol. The molecule has 3 rings (SSSR count). The molecule has 28 heavy (non-hydrogen) atoms. The van der Waals surface area contributed by atoms with Crippen molar-refractivity contribution in [2.24, 2.45) is 0 Å². The lowest BCUT2D eigenvalue weighted by molar-refractivity contribution is 0.0433. The molecule has 2 atom stereocenters. The maximum atomic E-state index is 6.41.